The summed E-state index contributed by atoms with van der Waals surface area (Å²) >= 11 is 5.78. The molecule has 1 fully saturated rings. The molecule has 2 atom stereocenters. The molecule has 0 saturated carbocycles. The molecule has 0 aliphatic carbocycles. The lowest BCUT2D eigenvalue weighted by atomic mass is 10.0. The number of nitrogens with zero attached hydrogens (tertiary/aromatic N) is 1. The second-order valence-corrected chi connectivity index (χ2v) is 6.00. The molecule has 4 nitrogen and oxygen atoms in total. The quantitative estimate of drug-likeness (QED) is 0.913. The summed E-state index contributed by atoms with van der Waals surface area (Å²) in [5.74, 6) is -0.682. The molecule has 1 aromatic carbocycles. The Morgan fingerprint density at radius 2 is 2.09 bits per heavy atom. The minimum atomic E-state index is -4.55. The van der Waals surface area contributed by atoms with Crippen molar-refractivity contribution in [3.8, 4) is 0 Å². The number of hydrogen-bond acceptors (Lipinski definition) is 2. The molecular formula is C15H16ClF3N2O2. The van der Waals surface area contributed by atoms with Crippen molar-refractivity contribution in [1.82, 2.24) is 10.2 Å². The monoisotopic (exact) mass is 348 g/mol. The molecule has 0 unspecified atom stereocenters. The number of likely N-dealkylation sites (N-methyl/N-ethyl adjacent to an activating group) is 1. The number of rotatable bonds is 3. The maximum absolute atomic E-state index is 12.8. The zero-order valence-electron chi connectivity index (χ0n) is 12.6. The molecule has 0 radical (unpaired) electrons. The molecule has 2 amide bonds. The highest BCUT2D eigenvalue weighted by molar-refractivity contribution is 6.32. The van der Waals surface area contributed by atoms with Gasteiger partial charge in [0.05, 0.1) is 10.6 Å². The van der Waals surface area contributed by atoms with Crippen LogP contribution in [0, 0.1) is 5.92 Å². The summed E-state index contributed by atoms with van der Waals surface area (Å²) in [4.78, 5) is 25.1. The van der Waals surface area contributed by atoms with Gasteiger partial charge in [-0.1, -0.05) is 30.7 Å². The Labute approximate surface area is 136 Å². The molecule has 1 N–H and O–H groups in total. The number of nitrogens with one attached hydrogen (secondary N) is 1. The van der Waals surface area contributed by atoms with Crippen molar-refractivity contribution in [1.29, 1.82) is 0 Å². The third-order valence-electron chi connectivity index (χ3n) is 3.95. The van der Waals surface area contributed by atoms with Gasteiger partial charge in [-0.25, -0.2) is 0 Å². The van der Waals surface area contributed by atoms with E-state index in [0.717, 1.165) is 6.07 Å². The van der Waals surface area contributed by atoms with E-state index in [1.165, 1.54) is 24.1 Å². The Balaban J connectivity index is 2.10. The van der Waals surface area contributed by atoms with Gasteiger partial charge in [-0.2, -0.15) is 13.2 Å². The highest BCUT2D eigenvalue weighted by atomic mass is 35.5. The average molecular weight is 349 g/mol. The van der Waals surface area contributed by atoms with Crippen LogP contribution in [0.5, 0.6) is 0 Å². The SMILES string of the molecule is C[C@H]1CC(=O)N(C)[C@@H]1C(=O)NCc1cccc(C(F)(F)F)c1Cl. The highest BCUT2D eigenvalue weighted by Crippen LogP contribution is 2.36. The van der Waals surface area contributed by atoms with Crippen LogP contribution in [-0.2, 0) is 22.3 Å². The van der Waals surface area contributed by atoms with Crippen LogP contribution in [0.15, 0.2) is 18.2 Å². The topological polar surface area (TPSA) is 49.4 Å². The number of likely N-dealkylation sites (tertiary alicyclic amines) is 1. The zero-order chi connectivity index (χ0) is 17.4. The minimum Gasteiger partial charge on any atom is -0.350 e. The van der Waals surface area contributed by atoms with E-state index in [1.807, 2.05) is 0 Å². The number of hydrogen-bond donors (Lipinski definition) is 1. The second kappa shape index (κ2) is 6.39. The minimum absolute atomic E-state index is 0.130. The predicted octanol–water partition coefficient (Wildman–Crippen LogP) is 2.84. The van der Waals surface area contributed by atoms with E-state index in [1.54, 1.807) is 6.92 Å². The normalized spacial score (nSPS) is 21.7. The van der Waals surface area contributed by atoms with Crippen LogP contribution in [0.25, 0.3) is 0 Å². The van der Waals surface area contributed by atoms with Crippen LogP contribution in [0.4, 0.5) is 13.2 Å². The third-order valence-corrected chi connectivity index (χ3v) is 4.40. The van der Waals surface area contributed by atoms with Crippen molar-refractivity contribution in [3.05, 3.63) is 34.3 Å². The second-order valence-electron chi connectivity index (χ2n) is 5.63. The van der Waals surface area contributed by atoms with Crippen molar-refractivity contribution < 1.29 is 22.8 Å². The van der Waals surface area contributed by atoms with Gasteiger partial charge in [0.2, 0.25) is 11.8 Å². The van der Waals surface area contributed by atoms with Gasteiger partial charge in [-0.3, -0.25) is 9.59 Å². The number of carbonyl (C=O) groups is 2. The summed E-state index contributed by atoms with van der Waals surface area (Å²) in [6.45, 7) is 1.65. The lowest BCUT2D eigenvalue weighted by Crippen LogP contribution is -2.44. The smallest absolute Gasteiger partial charge is 0.350 e. The maximum atomic E-state index is 12.8. The highest BCUT2D eigenvalue weighted by Gasteiger charge is 2.39. The molecule has 0 bridgehead atoms. The van der Waals surface area contributed by atoms with Gasteiger partial charge in [0.15, 0.2) is 0 Å². The summed E-state index contributed by atoms with van der Waals surface area (Å²) in [5, 5.41) is 2.13. The summed E-state index contributed by atoms with van der Waals surface area (Å²) in [5.41, 5.74) is -0.762. The maximum Gasteiger partial charge on any atom is 0.417 e. The van der Waals surface area contributed by atoms with Crippen LogP contribution >= 0.6 is 11.6 Å². The Hall–Kier alpha value is -1.76. The number of benzene rings is 1. The molecular weight excluding hydrogens is 333 g/mol. The van der Waals surface area contributed by atoms with Crippen molar-refractivity contribution in [2.75, 3.05) is 7.05 Å². The summed E-state index contributed by atoms with van der Waals surface area (Å²) < 4.78 is 38.4. The molecule has 1 aromatic rings. The first-order valence-electron chi connectivity index (χ1n) is 7.01. The first-order chi connectivity index (χ1) is 10.6. The van der Waals surface area contributed by atoms with Crippen molar-refractivity contribution in [2.24, 2.45) is 5.92 Å². The van der Waals surface area contributed by atoms with Gasteiger partial charge >= 0.3 is 6.18 Å². The Morgan fingerprint density at radius 1 is 1.43 bits per heavy atom. The summed E-state index contributed by atoms with van der Waals surface area (Å²) in [6, 6.07) is 2.93. The van der Waals surface area contributed by atoms with Crippen molar-refractivity contribution in [3.63, 3.8) is 0 Å². The first kappa shape index (κ1) is 17.6. The lowest BCUT2D eigenvalue weighted by Gasteiger charge is -2.22. The lowest BCUT2D eigenvalue weighted by molar-refractivity contribution is -0.137. The van der Waals surface area contributed by atoms with Crippen molar-refractivity contribution in [2.45, 2.75) is 32.1 Å². The van der Waals surface area contributed by atoms with Crippen LogP contribution in [-0.4, -0.2) is 29.8 Å². The first-order valence-corrected chi connectivity index (χ1v) is 7.38. The Bertz CT molecular complexity index is 634. The van der Waals surface area contributed by atoms with E-state index in [4.69, 9.17) is 11.6 Å². The number of alkyl halides is 3. The Kier molecular flexibility index (Phi) is 4.89. The van der Waals surface area contributed by atoms with Gasteiger partial charge in [0.25, 0.3) is 0 Å². The molecule has 2 rings (SSSR count). The van der Waals surface area contributed by atoms with E-state index < -0.39 is 28.7 Å². The number of amides is 2. The summed E-state index contributed by atoms with van der Waals surface area (Å²) in [6.07, 6.45) is -4.28. The zero-order valence-corrected chi connectivity index (χ0v) is 13.3. The summed E-state index contributed by atoms with van der Waals surface area (Å²) in [7, 11) is 1.54. The molecule has 1 saturated heterocycles. The van der Waals surface area contributed by atoms with E-state index in [2.05, 4.69) is 5.32 Å². The fourth-order valence-electron chi connectivity index (χ4n) is 2.72. The van der Waals surface area contributed by atoms with Gasteiger partial charge in [-0.05, 0) is 17.5 Å². The Morgan fingerprint density at radius 3 is 2.61 bits per heavy atom. The van der Waals surface area contributed by atoms with Gasteiger partial charge in [0.1, 0.15) is 6.04 Å². The van der Waals surface area contributed by atoms with E-state index in [-0.39, 0.29) is 30.4 Å². The van der Waals surface area contributed by atoms with Crippen LogP contribution < -0.4 is 5.32 Å². The van der Waals surface area contributed by atoms with Gasteiger partial charge < -0.3 is 10.2 Å². The van der Waals surface area contributed by atoms with Crippen LogP contribution in [0.1, 0.15) is 24.5 Å². The van der Waals surface area contributed by atoms with Gasteiger partial charge in [0, 0.05) is 20.0 Å². The molecule has 23 heavy (non-hydrogen) atoms. The number of halogens is 4. The third kappa shape index (κ3) is 3.60. The van der Waals surface area contributed by atoms with Crippen molar-refractivity contribution >= 4 is 23.4 Å². The molecule has 1 aliphatic rings. The molecule has 0 spiro atoms. The molecule has 8 heteroatoms. The standard InChI is InChI=1S/C15H16ClF3N2O2/c1-8-6-11(22)21(2)13(8)14(23)20-7-9-4-3-5-10(12(9)16)15(17,18)19/h3-5,8,13H,6-7H2,1-2H3,(H,20,23)/t8-,13-/m0/s1. The number of carbonyl (C=O) groups excluding carboxylic acids is 2. The fraction of sp³-hybridized carbons (Fsp3) is 0.467. The van der Waals surface area contributed by atoms with E-state index >= 15 is 0 Å². The van der Waals surface area contributed by atoms with Crippen LogP contribution in [0.3, 0.4) is 0 Å². The van der Waals surface area contributed by atoms with E-state index in [9.17, 15) is 22.8 Å². The van der Waals surface area contributed by atoms with Gasteiger partial charge in [-0.15, -0.1) is 0 Å². The predicted molar refractivity (Wildman–Crippen MR) is 78.6 cm³/mol. The molecule has 1 aliphatic heterocycles. The molecule has 126 valence electrons. The van der Waals surface area contributed by atoms with E-state index in [0.29, 0.717) is 0 Å². The largest absolute Gasteiger partial charge is 0.417 e. The molecule has 0 aromatic heterocycles. The average Bonchev–Trinajstić information content (AvgIpc) is 2.69. The van der Waals surface area contributed by atoms with Crippen LogP contribution in [0.2, 0.25) is 5.02 Å². The fourth-order valence-corrected chi connectivity index (χ4v) is 3.02. The molecule has 1 heterocycles.